The molecule has 0 fully saturated rings. The molecule has 3 heterocycles. The minimum absolute atomic E-state index is 0.132. The van der Waals surface area contributed by atoms with Crippen LogP contribution < -0.4 is 10.5 Å². The molecule has 1 aliphatic rings. The van der Waals surface area contributed by atoms with Crippen molar-refractivity contribution in [2.45, 2.75) is 32.6 Å². The maximum Gasteiger partial charge on any atom is 0.224 e. The first kappa shape index (κ1) is 17.9. The smallest absolute Gasteiger partial charge is 0.224 e. The van der Waals surface area contributed by atoms with Gasteiger partial charge in [-0.1, -0.05) is 26.0 Å². The molecule has 0 bridgehead atoms. The van der Waals surface area contributed by atoms with Crippen molar-refractivity contribution in [2.75, 3.05) is 0 Å². The van der Waals surface area contributed by atoms with Gasteiger partial charge < -0.3 is 15.0 Å². The van der Waals surface area contributed by atoms with Crippen molar-refractivity contribution in [3.63, 3.8) is 0 Å². The second-order valence-corrected chi connectivity index (χ2v) is 7.24. The molecular weight excluding hydrogens is 352 g/mol. The molecule has 1 aromatic carbocycles. The summed E-state index contributed by atoms with van der Waals surface area (Å²) in [6, 6.07) is 10.3. The van der Waals surface area contributed by atoms with E-state index in [4.69, 9.17) is 10.5 Å². The Hall–Kier alpha value is -3.53. The summed E-state index contributed by atoms with van der Waals surface area (Å²) in [5.74, 6) is 1.52. The van der Waals surface area contributed by atoms with Gasteiger partial charge in [-0.05, 0) is 30.5 Å². The number of hydrogen-bond donors (Lipinski definition) is 1. The lowest BCUT2D eigenvalue weighted by atomic mass is 9.82. The van der Waals surface area contributed by atoms with Crippen LogP contribution in [0.4, 0.5) is 0 Å². The first-order valence-electron chi connectivity index (χ1n) is 9.17. The molecule has 1 atom stereocenters. The topological polar surface area (TPSA) is 94.7 Å². The minimum Gasteiger partial charge on any atom is -0.422 e. The Balaban J connectivity index is 1.87. The van der Waals surface area contributed by atoms with E-state index in [1.807, 2.05) is 49.0 Å². The number of aryl methyl sites for hydroxylation is 2. The molecule has 28 heavy (non-hydrogen) atoms. The molecule has 0 spiro atoms. The van der Waals surface area contributed by atoms with Crippen molar-refractivity contribution in [2.24, 2.45) is 12.8 Å². The number of fused-ring (bicyclic) bond motifs is 1. The van der Waals surface area contributed by atoms with E-state index in [0.29, 0.717) is 11.5 Å². The van der Waals surface area contributed by atoms with Crippen molar-refractivity contribution in [3.8, 4) is 17.6 Å². The van der Waals surface area contributed by atoms with Gasteiger partial charge in [-0.3, -0.25) is 0 Å². The number of hydrogen-bond acceptors (Lipinski definition) is 5. The van der Waals surface area contributed by atoms with Crippen LogP contribution in [0, 0.1) is 18.3 Å². The number of nitriles is 1. The molecule has 0 aliphatic carbocycles. The number of imidazole rings is 1. The Labute approximate surface area is 163 Å². The normalized spacial score (nSPS) is 16.1. The second-order valence-electron chi connectivity index (χ2n) is 7.24. The fourth-order valence-corrected chi connectivity index (χ4v) is 3.74. The highest BCUT2D eigenvalue weighted by molar-refractivity contribution is 5.56. The molecule has 0 saturated carbocycles. The third-order valence-corrected chi connectivity index (χ3v) is 5.11. The summed E-state index contributed by atoms with van der Waals surface area (Å²) in [4.78, 5) is 4.27. The fraction of sp³-hybridized carbons (Fsp3) is 0.286. The molecule has 7 heteroatoms. The van der Waals surface area contributed by atoms with Crippen molar-refractivity contribution in [3.05, 3.63) is 70.8 Å². The first-order valence-corrected chi connectivity index (χ1v) is 9.17. The van der Waals surface area contributed by atoms with E-state index in [0.717, 1.165) is 28.3 Å². The molecule has 1 aliphatic heterocycles. The third-order valence-electron chi connectivity index (χ3n) is 5.11. The highest BCUT2D eigenvalue weighted by Crippen LogP contribution is 2.45. The van der Waals surface area contributed by atoms with Gasteiger partial charge in [-0.25, -0.2) is 9.67 Å². The highest BCUT2D eigenvalue weighted by Gasteiger charge is 2.36. The summed E-state index contributed by atoms with van der Waals surface area (Å²) in [6.45, 7) is 6.12. The number of aromatic nitrogens is 4. The monoisotopic (exact) mass is 374 g/mol. The standard InChI is InChI=1S/C21H22N6O/c1-12(2)19-18-17(16(11-22)20(23)28-21(18)26(4)25-19)14-5-7-15(8-6-14)27-10-9-24-13(27)3/h5-10,12,17H,23H2,1-4H3. The minimum atomic E-state index is -0.308. The number of benzene rings is 1. The summed E-state index contributed by atoms with van der Waals surface area (Å²) in [7, 11) is 1.83. The van der Waals surface area contributed by atoms with Crippen molar-refractivity contribution < 1.29 is 4.74 Å². The van der Waals surface area contributed by atoms with Gasteiger partial charge in [0.15, 0.2) is 0 Å². The number of rotatable bonds is 3. The molecule has 2 aromatic heterocycles. The SMILES string of the molecule is Cc1nccn1-c1ccc(C2C(C#N)=C(N)Oc3c2c(C(C)C)nn3C)cc1. The van der Waals surface area contributed by atoms with E-state index in [1.54, 1.807) is 10.9 Å². The van der Waals surface area contributed by atoms with Crippen LogP contribution in [0.25, 0.3) is 5.69 Å². The lowest BCUT2D eigenvalue weighted by molar-refractivity contribution is 0.358. The van der Waals surface area contributed by atoms with Crippen LogP contribution in [-0.2, 0) is 7.05 Å². The average molecular weight is 374 g/mol. The van der Waals surface area contributed by atoms with Crippen molar-refractivity contribution in [1.29, 1.82) is 5.26 Å². The molecule has 0 radical (unpaired) electrons. The Morgan fingerprint density at radius 2 is 1.96 bits per heavy atom. The van der Waals surface area contributed by atoms with Gasteiger partial charge in [0.1, 0.15) is 17.5 Å². The summed E-state index contributed by atoms with van der Waals surface area (Å²) in [5.41, 5.74) is 10.3. The van der Waals surface area contributed by atoms with Crippen LogP contribution in [0.15, 0.2) is 48.1 Å². The van der Waals surface area contributed by atoms with Crippen LogP contribution in [0.2, 0.25) is 0 Å². The van der Waals surface area contributed by atoms with Gasteiger partial charge in [0.2, 0.25) is 11.8 Å². The summed E-state index contributed by atoms with van der Waals surface area (Å²) in [6.07, 6.45) is 3.70. The number of nitrogens with two attached hydrogens (primary N) is 1. The molecule has 3 aromatic rings. The summed E-state index contributed by atoms with van der Waals surface area (Å²) < 4.78 is 9.48. The van der Waals surface area contributed by atoms with Gasteiger partial charge in [0, 0.05) is 25.1 Å². The lowest BCUT2D eigenvalue weighted by Crippen LogP contribution is -2.22. The summed E-state index contributed by atoms with van der Waals surface area (Å²) >= 11 is 0. The Kier molecular flexibility index (Phi) is 4.19. The Morgan fingerprint density at radius 3 is 2.54 bits per heavy atom. The van der Waals surface area contributed by atoms with E-state index < -0.39 is 0 Å². The van der Waals surface area contributed by atoms with Gasteiger partial charge >= 0.3 is 0 Å². The van der Waals surface area contributed by atoms with Crippen LogP contribution in [0.1, 0.15) is 48.3 Å². The molecule has 0 saturated heterocycles. The predicted molar refractivity (Wildman–Crippen MR) is 105 cm³/mol. The van der Waals surface area contributed by atoms with E-state index in [2.05, 4.69) is 30.0 Å². The fourth-order valence-electron chi connectivity index (χ4n) is 3.74. The predicted octanol–water partition coefficient (Wildman–Crippen LogP) is 3.26. The van der Waals surface area contributed by atoms with E-state index in [1.165, 1.54) is 0 Å². The quantitative estimate of drug-likeness (QED) is 0.759. The van der Waals surface area contributed by atoms with Crippen molar-refractivity contribution in [1.82, 2.24) is 19.3 Å². The van der Waals surface area contributed by atoms with E-state index in [9.17, 15) is 5.26 Å². The van der Waals surface area contributed by atoms with Gasteiger partial charge in [-0.15, -0.1) is 0 Å². The molecule has 142 valence electrons. The lowest BCUT2D eigenvalue weighted by Gasteiger charge is -2.25. The second kappa shape index (κ2) is 6.57. The molecule has 0 amide bonds. The summed E-state index contributed by atoms with van der Waals surface area (Å²) in [5, 5.41) is 14.4. The zero-order valence-corrected chi connectivity index (χ0v) is 16.3. The highest BCUT2D eigenvalue weighted by atomic mass is 16.5. The maximum absolute atomic E-state index is 9.79. The van der Waals surface area contributed by atoms with Crippen LogP contribution in [0.3, 0.4) is 0 Å². The maximum atomic E-state index is 9.79. The van der Waals surface area contributed by atoms with Crippen LogP contribution >= 0.6 is 0 Å². The Bertz CT molecular complexity index is 1110. The largest absolute Gasteiger partial charge is 0.422 e. The van der Waals surface area contributed by atoms with Crippen molar-refractivity contribution >= 4 is 0 Å². The molecule has 2 N–H and O–H groups in total. The molecule has 7 nitrogen and oxygen atoms in total. The van der Waals surface area contributed by atoms with Gasteiger partial charge in [0.25, 0.3) is 0 Å². The third kappa shape index (κ3) is 2.65. The van der Waals surface area contributed by atoms with E-state index in [-0.39, 0.29) is 17.7 Å². The number of allylic oxidation sites excluding steroid dienone is 1. The van der Waals surface area contributed by atoms with Crippen LogP contribution in [-0.4, -0.2) is 19.3 Å². The van der Waals surface area contributed by atoms with Gasteiger partial charge in [0.05, 0.1) is 17.2 Å². The Morgan fingerprint density at radius 1 is 1.25 bits per heavy atom. The number of nitrogens with zero attached hydrogens (tertiary/aromatic N) is 5. The molecule has 1 unspecified atom stereocenters. The molecular formula is C21H22N6O. The number of ether oxygens (including phenoxy) is 1. The van der Waals surface area contributed by atoms with Gasteiger partial charge in [-0.2, -0.15) is 10.4 Å². The molecule has 4 rings (SSSR count). The average Bonchev–Trinajstić information content (AvgIpc) is 3.24. The van der Waals surface area contributed by atoms with E-state index >= 15 is 0 Å². The van der Waals surface area contributed by atoms with Crippen LogP contribution in [0.5, 0.6) is 5.88 Å². The zero-order valence-electron chi connectivity index (χ0n) is 16.3. The first-order chi connectivity index (χ1) is 13.4. The zero-order chi connectivity index (χ0) is 20.0.